The van der Waals surface area contributed by atoms with Crippen molar-refractivity contribution in [3.05, 3.63) is 60.2 Å². The zero-order valence-corrected chi connectivity index (χ0v) is 11.0. The first kappa shape index (κ1) is 12.7. The van der Waals surface area contributed by atoms with Crippen LogP contribution in [0.1, 0.15) is 5.56 Å². The van der Waals surface area contributed by atoms with Crippen molar-refractivity contribution in [2.75, 3.05) is 11.1 Å². The molecule has 0 unspecified atom stereocenters. The number of benzene rings is 2. The second-order valence-corrected chi connectivity index (χ2v) is 5.06. The van der Waals surface area contributed by atoms with Gasteiger partial charge in [-0.1, -0.05) is 35.9 Å². The van der Waals surface area contributed by atoms with Crippen molar-refractivity contribution in [2.45, 2.75) is 11.8 Å². The molecule has 2 rings (SSSR count). The molecular weight excluding hydrogens is 242 g/mol. The molecule has 0 saturated heterocycles. The van der Waals surface area contributed by atoms with E-state index >= 15 is 0 Å². The Hall–Kier alpha value is -1.74. The molecule has 1 amide bonds. The van der Waals surface area contributed by atoms with E-state index in [1.165, 1.54) is 5.56 Å². The van der Waals surface area contributed by atoms with E-state index in [9.17, 15) is 4.79 Å². The van der Waals surface area contributed by atoms with Gasteiger partial charge in [-0.3, -0.25) is 4.79 Å². The Balaban J connectivity index is 1.83. The standard InChI is InChI=1S/C15H15NOS/c1-12-7-9-14(10-8-12)18-11-15(17)16-13-5-3-2-4-6-13/h2-10H,11H2,1H3,(H,16,17). The first-order valence-corrected chi connectivity index (χ1v) is 6.77. The van der Waals surface area contributed by atoms with Gasteiger partial charge in [-0.15, -0.1) is 11.8 Å². The molecule has 18 heavy (non-hydrogen) atoms. The van der Waals surface area contributed by atoms with Crippen LogP contribution < -0.4 is 5.32 Å². The molecule has 0 heterocycles. The van der Waals surface area contributed by atoms with Crippen molar-refractivity contribution < 1.29 is 4.79 Å². The summed E-state index contributed by atoms with van der Waals surface area (Å²) in [7, 11) is 0. The second kappa shape index (κ2) is 6.26. The molecule has 0 radical (unpaired) electrons. The van der Waals surface area contributed by atoms with Gasteiger partial charge in [0, 0.05) is 10.6 Å². The van der Waals surface area contributed by atoms with Crippen LogP contribution in [0.4, 0.5) is 5.69 Å². The zero-order chi connectivity index (χ0) is 12.8. The number of carbonyl (C=O) groups is 1. The third-order valence-electron chi connectivity index (χ3n) is 2.45. The highest BCUT2D eigenvalue weighted by Gasteiger charge is 2.03. The Kier molecular flexibility index (Phi) is 4.42. The number of para-hydroxylation sites is 1. The van der Waals surface area contributed by atoms with Gasteiger partial charge in [-0.2, -0.15) is 0 Å². The van der Waals surface area contributed by atoms with Crippen molar-refractivity contribution in [1.29, 1.82) is 0 Å². The number of rotatable bonds is 4. The fourth-order valence-electron chi connectivity index (χ4n) is 1.50. The van der Waals surface area contributed by atoms with E-state index in [0.717, 1.165) is 10.6 Å². The number of amides is 1. The summed E-state index contributed by atoms with van der Waals surface area (Å²) in [5, 5.41) is 2.86. The molecule has 0 aliphatic carbocycles. The summed E-state index contributed by atoms with van der Waals surface area (Å²) in [5.41, 5.74) is 2.07. The number of aryl methyl sites for hydroxylation is 1. The van der Waals surface area contributed by atoms with Gasteiger partial charge in [0.1, 0.15) is 0 Å². The van der Waals surface area contributed by atoms with E-state index in [1.54, 1.807) is 11.8 Å². The number of anilines is 1. The Morgan fingerprint density at radius 2 is 1.72 bits per heavy atom. The first-order chi connectivity index (χ1) is 8.74. The number of hydrogen-bond donors (Lipinski definition) is 1. The highest BCUT2D eigenvalue weighted by atomic mass is 32.2. The predicted molar refractivity (Wildman–Crippen MR) is 77.0 cm³/mol. The van der Waals surface area contributed by atoms with E-state index in [-0.39, 0.29) is 5.91 Å². The van der Waals surface area contributed by atoms with Gasteiger partial charge in [0.15, 0.2) is 0 Å². The van der Waals surface area contributed by atoms with Crippen LogP contribution in [0.5, 0.6) is 0 Å². The zero-order valence-electron chi connectivity index (χ0n) is 10.2. The summed E-state index contributed by atoms with van der Waals surface area (Å²) in [5.74, 6) is 0.449. The summed E-state index contributed by atoms with van der Waals surface area (Å²) in [6, 6.07) is 17.7. The number of hydrogen-bond acceptors (Lipinski definition) is 2. The highest BCUT2D eigenvalue weighted by molar-refractivity contribution is 8.00. The molecule has 0 aliphatic rings. The Labute approximate surface area is 111 Å². The first-order valence-electron chi connectivity index (χ1n) is 5.78. The molecule has 1 N–H and O–H groups in total. The summed E-state index contributed by atoms with van der Waals surface area (Å²) >= 11 is 1.54. The van der Waals surface area contributed by atoms with Gasteiger partial charge in [0.2, 0.25) is 5.91 Å². The lowest BCUT2D eigenvalue weighted by Crippen LogP contribution is -2.13. The Morgan fingerprint density at radius 1 is 1.06 bits per heavy atom. The topological polar surface area (TPSA) is 29.1 Å². The van der Waals surface area contributed by atoms with E-state index in [0.29, 0.717) is 5.75 Å². The van der Waals surface area contributed by atoms with Crippen LogP contribution in [-0.2, 0) is 4.79 Å². The van der Waals surface area contributed by atoms with Crippen molar-refractivity contribution in [1.82, 2.24) is 0 Å². The molecule has 2 aromatic rings. The monoisotopic (exact) mass is 257 g/mol. The molecule has 0 aromatic heterocycles. The largest absolute Gasteiger partial charge is 0.325 e. The maximum absolute atomic E-state index is 11.7. The van der Waals surface area contributed by atoms with Crippen LogP contribution in [0, 0.1) is 6.92 Å². The van der Waals surface area contributed by atoms with Gasteiger partial charge in [-0.25, -0.2) is 0 Å². The van der Waals surface area contributed by atoms with Crippen molar-refractivity contribution in [3.63, 3.8) is 0 Å². The number of thioether (sulfide) groups is 1. The quantitative estimate of drug-likeness (QED) is 0.846. The number of nitrogens with one attached hydrogen (secondary N) is 1. The number of carbonyl (C=O) groups excluding carboxylic acids is 1. The van der Waals surface area contributed by atoms with Crippen molar-refractivity contribution in [2.24, 2.45) is 0 Å². The molecular formula is C15H15NOS. The molecule has 0 bridgehead atoms. The van der Waals surface area contributed by atoms with Crippen LogP contribution in [0.3, 0.4) is 0 Å². The molecule has 3 heteroatoms. The third kappa shape index (κ3) is 3.93. The molecule has 0 saturated carbocycles. The molecule has 2 aromatic carbocycles. The molecule has 92 valence electrons. The van der Waals surface area contributed by atoms with Crippen LogP contribution in [0.15, 0.2) is 59.5 Å². The minimum Gasteiger partial charge on any atom is -0.325 e. The van der Waals surface area contributed by atoms with E-state index in [2.05, 4.69) is 24.4 Å². The van der Waals surface area contributed by atoms with Crippen LogP contribution >= 0.6 is 11.8 Å². The average Bonchev–Trinajstić information content (AvgIpc) is 2.39. The predicted octanol–water partition coefficient (Wildman–Crippen LogP) is 3.73. The molecule has 0 fully saturated rings. The van der Waals surface area contributed by atoms with Gasteiger partial charge >= 0.3 is 0 Å². The summed E-state index contributed by atoms with van der Waals surface area (Å²) < 4.78 is 0. The van der Waals surface area contributed by atoms with Crippen molar-refractivity contribution >= 4 is 23.4 Å². The van der Waals surface area contributed by atoms with Gasteiger partial charge in [-0.05, 0) is 31.2 Å². The smallest absolute Gasteiger partial charge is 0.234 e. The summed E-state index contributed by atoms with van der Waals surface area (Å²) in [6.07, 6.45) is 0. The van der Waals surface area contributed by atoms with E-state index < -0.39 is 0 Å². The summed E-state index contributed by atoms with van der Waals surface area (Å²) in [4.78, 5) is 12.8. The fraction of sp³-hybridized carbons (Fsp3) is 0.133. The SMILES string of the molecule is Cc1ccc(SCC(=O)Nc2ccccc2)cc1. The van der Waals surface area contributed by atoms with E-state index in [1.807, 2.05) is 42.5 Å². The lowest BCUT2D eigenvalue weighted by molar-refractivity contribution is -0.113. The maximum Gasteiger partial charge on any atom is 0.234 e. The van der Waals surface area contributed by atoms with Crippen LogP contribution in [0.25, 0.3) is 0 Å². The van der Waals surface area contributed by atoms with Gasteiger partial charge in [0.25, 0.3) is 0 Å². The van der Waals surface area contributed by atoms with Crippen molar-refractivity contribution in [3.8, 4) is 0 Å². The van der Waals surface area contributed by atoms with Crippen LogP contribution in [0.2, 0.25) is 0 Å². The highest BCUT2D eigenvalue weighted by Crippen LogP contribution is 2.18. The normalized spacial score (nSPS) is 10.1. The lowest BCUT2D eigenvalue weighted by atomic mass is 10.2. The van der Waals surface area contributed by atoms with E-state index in [4.69, 9.17) is 0 Å². The van der Waals surface area contributed by atoms with Gasteiger partial charge in [0.05, 0.1) is 5.75 Å². The minimum absolute atomic E-state index is 0.0202. The Morgan fingerprint density at radius 3 is 2.39 bits per heavy atom. The Bertz CT molecular complexity index is 508. The van der Waals surface area contributed by atoms with Gasteiger partial charge < -0.3 is 5.32 Å². The summed E-state index contributed by atoms with van der Waals surface area (Å²) in [6.45, 7) is 2.05. The fourth-order valence-corrected chi connectivity index (χ4v) is 2.20. The molecule has 2 nitrogen and oxygen atoms in total. The lowest BCUT2D eigenvalue weighted by Gasteiger charge is -2.05. The molecule has 0 aliphatic heterocycles. The van der Waals surface area contributed by atoms with Crippen LogP contribution in [-0.4, -0.2) is 11.7 Å². The third-order valence-corrected chi connectivity index (χ3v) is 3.46. The maximum atomic E-state index is 11.7. The molecule has 0 spiro atoms. The molecule has 0 atom stereocenters. The average molecular weight is 257 g/mol. The second-order valence-electron chi connectivity index (χ2n) is 4.02. The minimum atomic E-state index is 0.0202.